The van der Waals surface area contributed by atoms with Gasteiger partial charge in [-0.25, -0.2) is 8.42 Å². The van der Waals surface area contributed by atoms with Gasteiger partial charge < -0.3 is 5.32 Å². The van der Waals surface area contributed by atoms with Gasteiger partial charge in [-0.05, 0) is 38.1 Å². The summed E-state index contributed by atoms with van der Waals surface area (Å²) in [5.41, 5.74) is 0. The molecule has 0 spiro atoms. The van der Waals surface area contributed by atoms with Crippen molar-refractivity contribution in [3.63, 3.8) is 0 Å². The second-order valence-corrected chi connectivity index (χ2v) is 7.34. The van der Waals surface area contributed by atoms with Crippen LogP contribution < -0.4 is 5.32 Å². The fourth-order valence-electron chi connectivity index (χ4n) is 2.75. The number of hydrogen-bond donors (Lipinski definition) is 1. The standard InChI is InChI=1S/C11H21NO2S/c13-15(14)7-3-6-11(15)9-12-8-10-4-1-2-5-10/h10-12H,1-9H2. The van der Waals surface area contributed by atoms with Crippen molar-refractivity contribution in [2.24, 2.45) is 5.92 Å². The molecule has 1 unspecified atom stereocenters. The minimum Gasteiger partial charge on any atom is -0.315 e. The predicted octanol–water partition coefficient (Wildman–Crippen LogP) is 1.34. The molecule has 2 aliphatic rings. The molecule has 3 nitrogen and oxygen atoms in total. The minimum atomic E-state index is -2.75. The first-order chi connectivity index (χ1) is 7.18. The van der Waals surface area contributed by atoms with Crippen molar-refractivity contribution in [3.8, 4) is 0 Å². The molecular formula is C11H21NO2S. The highest BCUT2D eigenvalue weighted by Crippen LogP contribution is 2.24. The molecule has 2 fully saturated rings. The Morgan fingerprint density at radius 2 is 1.73 bits per heavy atom. The van der Waals surface area contributed by atoms with Crippen LogP contribution in [0.15, 0.2) is 0 Å². The van der Waals surface area contributed by atoms with Crippen molar-refractivity contribution >= 4 is 9.84 Å². The van der Waals surface area contributed by atoms with Gasteiger partial charge in [0.25, 0.3) is 0 Å². The van der Waals surface area contributed by atoms with E-state index in [4.69, 9.17) is 0 Å². The second kappa shape index (κ2) is 4.83. The first-order valence-electron chi connectivity index (χ1n) is 6.11. The van der Waals surface area contributed by atoms with Crippen molar-refractivity contribution in [2.75, 3.05) is 18.8 Å². The molecule has 1 aliphatic carbocycles. The van der Waals surface area contributed by atoms with Crippen LogP contribution in [0.3, 0.4) is 0 Å². The smallest absolute Gasteiger partial charge is 0.154 e. The minimum absolute atomic E-state index is 0.0982. The quantitative estimate of drug-likeness (QED) is 0.794. The van der Waals surface area contributed by atoms with Gasteiger partial charge in [0.15, 0.2) is 9.84 Å². The lowest BCUT2D eigenvalue weighted by atomic mass is 10.1. The summed E-state index contributed by atoms with van der Waals surface area (Å²) < 4.78 is 23.1. The topological polar surface area (TPSA) is 46.2 Å². The third-order valence-electron chi connectivity index (χ3n) is 3.74. The lowest BCUT2D eigenvalue weighted by molar-refractivity contribution is 0.482. The van der Waals surface area contributed by atoms with Gasteiger partial charge in [0.1, 0.15) is 0 Å². The third kappa shape index (κ3) is 2.94. The largest absolute Gasteiger partial charge is 0.315 e. The summed E-state index contributed by atoms with van der Waals surface area (Å²) in [4.78, 5) is 0. The van der Waals surface area contributed by atoms with Crippen LogP contribution in [0.5, 0.6) is 0 Å². The Labute approximate surface area is 92.6 Å². The Kier molecular flexibility index (Phi) is 3.67. The van der Waals surface area contributed by atoms with E-state index in [-0.39, 0.29) is 5.25 Å². The number of sulfone groups is 1. The molecule has 15 heavy (non-hydrogen) atoms. The van der Waals surface area contributed by atoms with Crippen molar-refractivity contribution in [1.29, 1.82) is 0 Å². The molecule has 1 aliphatic heterocycles. The van der Waals surface area contributed by atoms with Gasteiger partial charge in [-0.3, -0.25) is 0 Å². The van der Waals surface area contributed by atoms with E-state index in [0.29, 0.717) is 12.3 Å². The molecule has 0 aromatic rings. The van der Waals surface area contributed by atoms with Gasteiger partial charge >= 0.3 is 0 Å². The van der Waals surface area contributed by atoms with Crippen LogP contribution in [-0.2, 0) is 9.84 Å². The van der Waals surface area contributed by atoms with E-state index < -0.39 is 9.84 Å². The van der Waals surface area contributed by atoms with Crippen LogP contribution in [-0.4, -0.2) is 32.5 Å². The second-order valence-electron chi connectivity index (χ2n) is 4.94. The zero-order valence-electron chi connectivity index (χ0n) is 9.24. The number of nitrogens with one attached hydrogen (secondary N) is 1. The monoisotopic (exact) mass is 231 g/mol. The molecule has 0 aromatic heterocycles. The maximum atomic E-state index is 11.5. The average Bonchev–Trinajstić information content (AvgIpc) is 2.77. The summed E-state index contributed by atoms with van der Waals surface area (Å²) in [5.74, 6) is 1.21. The van der Waals surface area contributed by atoms with Crippen LogP contribution in [0.2, 0.25) is 0 Å². The molecule has 0 bridgehead atoms. The van der Waals surface area contributed by atoms with Crippen molar-refractivity contribution in [1.82, 2.24) is 5.32 Å². The maximum absolute atomic E-state index is 11.5. The molecule has 4 heteroatoms. The molecule has 2 rings (SSSR count). The molecule has 1 atom stereocenters. The van der Waals surface area contributed by atoms with E-state index in [9.17, 15) is 8.42 Å². The van der Waals surface area contributed by atoms with E-state index in [1.165, 1.54) is 25.7 Å². The van der Waals surface area contributed by atoms with Gasteiger partial charge in [0.05, 0.1) is 11.0 Å². The molecule has 0 amide bonds. The Morgan fingerprint density at radius 3 is 2.33 bits per heavy atom. The van der Waals surface area contributed by atoms with Crippen molar-refractivity contribution in [3.05, 3.63) is 0 Å². The number of hydrogen-bond acceptors (Lipinski definition) is 3. The van der Waals surface area contributed by atoms with Gasteiger partial charge in [0.2, 0.25) is 0 Å². The van der Waals surface area contributed by atoms with Crippen molar-refractivity contribution < 1.29 is 8.42 Å². The molecule has 0 radical (unpaired) electrons. The van der Waals surface area contributed by atoms with Crippen LogP contribution in [0, 0.1) is 5.92 Å². The van der Waals surface area contributed by atoms with E-state index in [0.717, 1.165) is 25.3 Å². The SMILES string of the molecule is O=S1(=O)CCCC1CNCC1CCCC1. The lowest BCUT2D eigenvalue weighted by Gasteiger charge is -2.13. The Bertz CT molecular complexity index is 294. The maximum Gasteiger partial charge on any atom is 0.154 e. The molecule has 0 aromatic carbocycles. The summed E-state index contributed by atoms with van der Waals surface area (Å²) in [6.07, 6.45) is 7.08. The van der Waals surface area contributed by atoms with Crippen LogP contribution in [0.4, 0.5) is 0 Å². The normalized spacial score (nSPS) is 31.1. The van der Waals surface area contributed by atoms with Crippen molar-refractivity contribution in [2.45, 2.75) is 43.8 Å². The van der Waals surface area contributed by atoms with Gasteiger partial charge in [0, 0.05) is 6.54 Å². The summed E-state index contributed by atoms with van der Waals surface area (Å²) >= 11 is 0. The molecule has 1 saturated heterocycles. The van der Waals surface area contributed by atoms with E-state index in [1.807, 2.05) is 0 Å². The molecule has 1 heterocycles. The zero-order chi connectivity index (χ0) is 10.7. The molecular weight excluding hydrogens is 210 g/mol. The first-order valence-corrected chi connectivity index (χ1v) is 7.82. The highest BCUT2D eigenvalue weighted by atomic mass is 32.2. The molecule has 88 valence electrons. The Balaban J connectivity index is 1.69. The highest BCUT2D eigenvalue weighted by molar-refractivity contribution is 7.92. The lowest BCUT2D eigenvalue weighted by Crippen LogP contribution is -2.33. The summed E-state index contributed by atoms with van der Waals surface area (Å²) in [5, 5.41) is 3.25. The van der Waals surface area contributed by atoms with Gasteiger partial charge in [-0.2, -0.15) is 0 Å². The van der Waals surface area contributed by atoms with E-state index >= 15 is 0 Å². The van der Waals surface area contributed by atoms with Gasteiger partial charge in [-0.1, -0.05) is 12.8 Å². The Hall–Kier alpha value is -0.0900. The summed E-state index contributed by atoms with van der Waals surface area (Å²) in [7, 11) is -2.75. The summed E-state index contributed by atoms with van der Waals surface area (Å²) in [6.45, 7) is 1.70. The van der Waals surface area contributed by atoms with Crippen LogP contribution >= 0.6 is 0 Å². The fourth-order valence-corrected chi connectivity index (χ4v) is 4.55. The number of rotatable bonds is 4. The third-order valence-corrected chi connectivity index (χ3v) is 6.02. The molecule has 1 N–H and O–H groups in total. The van der Waals surface area contributed by atoms with E-state index in [2.05, 4.69) is 5.32 Å². The molecule has 1 saturated carbocycles. The predicted molar refractivity (Wildman–Crippen MR) is 61.6 cm³/mol. The Morgan fingerprint density at radius 1 is 1.00 bits per heavy atom. The zero-order valence-corrected chi connectivity index (χ0v) is 10.1. The first kappa shape index (κ1) is 11.4. The van der Waals surface area contributed by atoms with Crippen LogP contribution in [0.1, 0.15) is 38.5 Å². The highest BCUT2D eigenvalue weighted by Gasteiger charge is 2.30. The fraction of sp³-hybridized carbons (Fsp3) is 1.00. The van der Waals surface area contributed by atoms with E-state index in [1.54, 1.807) is 0 Å². The summed E-state index contributed by atoms with van der Waals surface area (Å²) in [6, 6.07) is 0. The average molecular weight is 231 g/mol. The van der Waals surface area contributed by atoms with Gasteiger partial charge in [-0.15, -0.1) is 0 Å². The van der Waals surface area contributed by atoms with Crippen LogP contribution in [0.25, 0.3) is 0 Å².